The first-order valence-corrected chi connectivity index (χ1v) is 7.63. The molecule has 5 nitrogen and oxygen atoms in total. The number of rotatable bonds is 2. The molecule has 1 aliphatic heterocycles. The number of hydrogen-bond donors (Lipinski definition) is 1. The lowest BCUT2D eigenvalue weighted by Gasteiger charge is -2.26. The van der Waals surface area contributed by atoms with Gasteiger partial charge in [0.2, 0.25) is 4.96 Å². The molecule has 1 saturated heterocycles. The van der Waals surface area contributed by atoms with Gasteiger partial charge in [0.15, 0.2) is 5.01 Å². The van der Waals surface area contributed by atoms with E-state index in [0.29, 0.717) is 4.96 Å². The molecule has 0 atom stereocenters. The molecular formula is C13H19N4OS+. The first-order valence-electron chi connectivity index (χ1n) is 6.82. The highest BCUT2D eigenvalue weighted by Crippen LogP contribution is 2.11. The van der Waals surface area contributed by atoms with Crippen molar-refractivity contribution in [2.75, 3.05) is 13.1 Å². The van der Waals surface area contributed by atoms with Gasteiger partial charge in [0, 0.05) is 11.8 Å². The van der Waals surface area contributed by atoms with Crippen molar-refractivity contribution in [1.82, 2.24) is 14.6 Å². The second kappa shape index (κ2) is 5.02. The molecule has 3 rings (SSSR count). The number of quaternary nitrogens is 1. The standard InChI is InChI=1S/C13H18N4OS/c1-9-3-5-16(6-4-9)8-11-15-17-12(18)7-10(2)14-13(17)19-11/h7,9H,3-6,8H2,1-2H3/p+1. The molecule has 2 aromatic rings. The van der Waals surface area contributed by atoms with Crippen LogP contribution >= 0.6 is 11.3 Å². The Kier molecular flexibility index (Phi) is 3.36. The van der Waals surface area contributed by atoms with Gasteiger partial charge in [-0.1, -0.05) is 18.3 Å². The first-order chi connectivity index (χ1) is 9.11. The Balaban J connectivity index is 1.82. The third-order valence-corrected chi connectivity index (χ3v) is 4.71. The molecule has 0 bridgehead atoms. The maximum absolute atomic E-state index is 11.8. The predicted octanol–water partition coefficient (Wildman–Crippen LogP) is 0.274. The minimum atomic E-state index is -0.0766. The van der Waals surface area contributed by atoms with E-state index in [2.05, 4.69) is 17.0 Å². The van der Waals surface area contributed by atoms with Crippen molar-refractivity contribution in [3.05, 3.63) is 27.1 Å². The van der Waals surface area contributed by atoms with E-state index in [1.807, 2.05) is 6.92 Å². The highest BCUT2D eigenvalue weighted by atomic mass is 32.1. The van der Waals surface area contributed by atoms with E-state index >= 15 is 0 Å². The number of nitrogens with zero attached hydrogens (tertiary/aromatic N) is 3. The van der Waals surface area contributed by atoms with Gasteiger partial charge in [0.05, 0.1) is 13.1 Å². The van der Waals surface area contributed by atoms with Crippen LogP contribution in [0.3, 0.4) is 0 Å². The molecule has 2 aromatic heterocycles. The molecule has 0 saturated carbocycles. The number of hydrogen-bond acceptors (Lipinski definition) is 4. The van der Waals surface area contributed by atoms with Gasteiger partial charge >= 0.3 is 0 Å². The molecule has 6 heteroatoms. The average molecular weight is 279 g/mol. The van der Waals surface area contributed by atoms with Crippen molar-refractivity contribution >= 4 is 16.3 Å². The summed E-state index contributed by atoms with van der Waals surface area (Å²) in [7, 11) is 0. The van der Waals surface area contributed by atoms with Crippen molar-refractivity contribution in [2.45, 2.75) is 33.2 Å². The molecule has 0 unspecified atom stereocenters. The molecule has 0 spiro atoms. The Labute approximate surface area is 115 Å². The summed E-state index contributed by atoms with van der Waals surface area (Å²) in [5, 5.41) is 5.42. The van der Waals surface area contributed by atoms with Crippen molar-refractivity contribution < 1.29 is 4.90 Å². The number of fused-ring (bicyclic) bond motifs is 1. The number of nitrogens with one attached hydrogen (secondary N) is 1. The number of piperidine rings is 1. The molecule has 1 N–H and O–H groups in total. The van der Waals surface area contributed by atoms with E-state index in [1.165, 1.54) is 47.8 Å². The van der Waals surface area contributed by atoms with Gasteiger partial charge in [-0.3, -0.25) is 4.79 Å². The van der Waals surface area contributed by atoms with Gasteiger partial charge in [-0.05, 0) is 25.7 Å². The normalized spacial score (nSPS) is 23.9. The number of likely N-dealkylation sites (tertiary alicyclic amines) is 1. The third-order valence-electron chi connectivity index (χ3n) is 3.80. The molecule has 0 radical (unpaired) electrons. The van der Waals surface area contributed by atoms with Crippen LogP contribution < -0.4 is 10.5 Å². The lowest BCUT2D eigenvalue weighted by atomic mass is 9.99. The molecule has 1 aliphatic rings. The highest BCUT2D eigenvalue weighted by Gasteiger charge is 2.20. The minimum absolute atomic E-state index is 0.0766. The molecule has 0 aromatic carbocycles. The summed E-state index contributed by atoms with van der Waals surface area (Å²) < 4.78 is 1.43. The zero-order valence-electron chi connectivity index (χ0n) is 11.3. The summed E-state index contributed by atoms with van der Waals surface area (Å²) in [5.41, 5.74) is 0.687. The van der Waals surface area contributed by atoms with Crippen molar-refractivity contribution in [2.24, 2.45) is 5.92 Å². The fourth-order valence-electron chi connectivity index (χ4n) is 2.59. The largest absolute Gasteiger partial charge is 0.329 e. The fraction of sp³-hybridized carbons (Fsp3) is 0.615. The number of aryl methyl sites for hydroxylation is 1. The second-order valence-electron chi connectivity index (χ2n) is 5.54. The van der Waals surface area contributed by atoms with E-state index in [-0.39, 0.29) is 5.56 Å². The predicted molar refractivity (Wildman–Crippen MR) is 74.7 cm³/mol. The Hall–Kier alpha value is -1.27. The van der Waals surface area contributed by atoms with Crippen molar-refractivity contribution in [3.8, 4) is 0 Å². The SMILES string of the molecule is Cc1cc(=O)n2nc(C[NH+]3CCC(C)CC3)sc2n1. The minimum Gasteiger partial charge on any atom is -0.329 e. The quantitative estimate of drug-likeness (QED) is 0.859. The third kappa shape index (κ3) is 2.69. The molecule has 0 aliphatic carbocycles. The maximum atomic E-state index is 11.8. The molecule has 0 amide bonds. The van der Waals surface area contributed by atoms with Crippen LogP contribution in [0.2, 0.25) is 0 Å². The zero-order chi connectivity index (χ0) is 13.4. The average Bonchev–Trinajstić information content (AvgIpc) is 2.75. The van der Waals surface area contributed by atoms with Gasteiger partial charge in [-0.2, -0.15) is 9.61 Å². The van der Waals surface area contributed by atoms with Crippen LogP contribution in [-0.4, -0.2) is 27.7 Å². The van der Waals surface area contributed by atoms with Crippen LogP contribution in [0, 0.1) is 12.8 Å². The topological polar surface area (TPSA) is 51.7 Å². The fourth-order valence-corrected chi connectivity index (χ4v) is 3.61. The lowest BCUT2D eigenvalue weighted by molar-refractivity contribution is -0.919. The van der Waals surface area contributed by atoms with Crippen LogP contribution in [-0.2, 0) is 6.54 Å². The Morgan fingerprint density at radius 2 is 2.21 bits per heavy atom. The van der Waals surface area contributed by atoms with E-state index in [4.69, 9.17) is 0 Å². The number of aromatic nitrogens is 3. The zero-order valence-corrected chi connectivity index (χ0v) is 12.2. The summed E-state index contributed by atoms with van der Waals surface area (Å²) in [6.45, 7) is 7.49. The van der Waals surface area contributed by atoms with Crippen LogP contribution in [0.1, 0.15) is 30.5 Å². The van der Waals surface area contributed by atoms with Crippen LogP contribution in [0.4, 0.5) is 0 Å². The summed E-state index contributed by atoms with van der Waals surface area (Å²) in [6.07, 6.45) is 2.58. The van der Waals surface area contributed by atoms with Gasteiger partial charge in [0.25, 0.3) is 5.56 Å². The van der Waals surface area contributed by atoms with E-state index < -0.39 is 0 Å². The molecule has 19 heavy (non-hydrogen) atoms. The highest BCUT2D eigenvalue weighted by molar-refractivity contribution is 7.16. The molecular weight excluding hydrogens is 260 g/mol. The van der Waals surface area contributed by atoms with Crippen LogP contribution in [0.25, 0.3) is 4.96 Å². The summed E-state index contributed by atoms with van der Waals surface area (Å²) in [4.78, 5) is 18.5. The van der Waals surface area contributed by atoms with Gasteiger partial charge < -0.3 is 4.90 Å². The summed E-state index contributed by atoms with van der Waals surface area (Å²) >= 11 is 1.54. The molecule has 1 fully saturated rings. The first kappa shape index (κ1) is 12.7. The summed E-state index contributed by atoms with van der Waals surface area (Å²) in [5.74, 6) is 0.853. The van der Waals surface area contributed by atoms with Crippen molar-refractivity contribution in [1.29, 1.82) is 0 Å². The van der Waals surface area contributed by atoms with E-state index in [1.54, 1.807) is 4.90 Å². The second-order valence-corrected chi connectivity index (χ2v) is 6.58. The Bertz CT molecular complexity index is 640. The Morgan fingerprint density at radius 3 is 2.95 bits per heavy atom. The lowest BCUT2D eigenvalue weighted by Crippen LogP contribution is -3.11. The maximum Gasteiger partial charge on any atom is 0.275 e. The summed E-state index contributed by atoms with van der Waals surface area (Å²) in [6, 6.07) is 1.53. The molecule has 3 heterocycles. The van der Waals surface area contributed by atoms with Gasteiger partial charge in [-0.15, -0.1) is 0 Å². The van der Waals surface area contributed by atoms with E-state index in [0.717, 1.165) is 23.2 Å². The monoisotopic (exact) mass is 279 g/mol. The van der Waals surface area contributed by atoms with Gasteiger partial charge in [0.1, 0.15) is 6.54 Å². The van der Waals surface area contributed by atoms with Crippen LogP contribution in [0.15, 0.2) is 10.9 Å². The smallest absolute Gasteiger partial charge is 0.275 e. The van der Waals surface area contributed by atoms with Crippen LogP contribution in [0.5, 0.6) is 0 Å². The van der Waals surface area contributed by atoms with E-state index in [9.17, 15) is 4.79 Å². The van der Waals surface area contributed by atoms with Crippen molar-refractivity contribution in [3.63, 3.8) is 0 Å². The molecule has 102 valence electrons. The Morgan fingerprint density at radius 1 is 1.47 bits per heavy atom. The van der Waals surface area contributed by atoms with Gasteiger partial charge in [-0.25, -0.2) is 4.98 Å².